The predicted molar refractivity (Wildman–Crippen MR) is 90.4 cm³/mol. The van der Waals surface area contributed by atoms with E-state index in [1.165, 1.54) is 28.6 Å². The molecule has 1 heterocycles. The summed E-state index contributed by atoms with van der Waals surface area (Å²) >= 11 is 5.77. The van der Waals surface area contributed by atoms with Gasteiger partial charge in [-0.15, -0.1) is 0 Å². The molecule has 2 aromatic rings. The van der Waals surface area contributed by atoms with Crippen LogP contribution in [0.3, 0.4) is 0 Å². The lowest BCUT2D eigenvalue weighted by Crippen LogP contribution is -2.48. The normalized spacial score (nSPS) is 16.2. The van der Waals surface area contributed by atoms with Gasteiger partial charge in [0.05, 0.1) is 10.6 Å². The van der Waals surface area contributed by atoms with E-state index >= 15 is 0 Å². The lowest BCUT2D eigenvalue weighted by atomic mass is 10.2. The Morgan fingerprint density at radius 2 is 1.56 bits per heavy atom. The van der Waals surface area contributed by atoms with Crippen LogP contribution in [0.5, 0.6) is 5.75 Å². The minimum atomic E-state index is -3.67. The first-order chi connectivity index (χ1) is 11.8. The zero-order valence-electron chi connectivity index (χ0n) is 13.0. The molecule has 0 amide bonds. The number of benzene rings is 2. The molecule has 1 aliphatic rings. The first-order valence-corrected chi connectivity index (χ1v) is 9.29. The van der Waals surface area contributed by atoms with Crippen molar-refractivity contribution in [1.29, 1.82) is 0 Å². The average molecular weight is 389 g/mol. The largest absolute Gasteiger partial charge is 0.505 e. The molecule has 0 saturated carbocycles. The van der Waals surface area contributed by atoms with Crippen LogP contribution in [-0.4, -0.2) is 44.0 Å². The van der Waals surface area contributed by atoms with Crippen molar-refractivity contribution < 1.29 is 22.3 Å². The second kappa shape index (κ2) is 6.78. The molecule has 134 valence electrons. The number of aromatic hydroxyl groups is 1. The zero-order chi connectivity index (χ0) is 18.2. The first kappa shape index (κ1) is 17.9. The van der Waals surface area contributed by atoms with E-state index in [1.807, 2.05) is 0 Å². The van der Waals surface area contributed by atoms with Crippen molar-refractivity contribution >= 4 is 27.3 Å². The molecule has 0 aliphatic carbocycles. The van der Waals surface area contributed by atoms with Crippen molar-refractivity contribution in [2.24, 2.45) is 0 Å². The highest BCUT2D eigenvalue weighted by atomic mass is 35.5. The maximum Gasteiger partial charge on any atom is 0.243 e. The third-order valence-electron chi connectivity index (χ3n) is 4.05. The monoisotopic (exact) mass is 388 g/mol. The van der Waals surface area contributed by atoms with Crippen molar-refractivity contribution in [2.75, 3.05) is 31.1 Å². The smallest absolute Gasteiger partial charge is 0.243 e. The molecule has 0 unspecified atom stereocenters. The van der Waals surface area contributed by atoms with Crippen LogP contribution < -0.4 is 4.90 Å². The summed E-state index contributed by atoms with van der Waals surface area (Å²) in [4.78, 5) is 1.68. The minimum Gasteiger partial charge on any atom is -0.505 e. The van der Waals surface area contributed by atoms with Crippen LogP contribution in [0.15, 0.2) is 41.3 Å². The highest BCUT2D eigenvalue weighted by molar-refractivity contribution is 7.89. The van der Waals surface area contributed by atoms with Crippen molar-refractivity contribution in [1.82, 2.24) is 4.31 Å². The van der Waals surface area contributed by atoms with Gasteiger partial charge in [0.15, 0.2) is 11.6 Å². The molecule has 5 nitrogen and oxygen atoms in total. The summed E-state index contributed by atoms with van der Waals surface area (Å²) in [5, 5.41) is 9.63. The maximum absolute atomic E-state index is 13.9. The fourth-order valence-corrected chi connectivity index (χ4v) is 4.24. The molecule has 9 heteroatoms. The lowest BCUT2D eigenvalue weighted by Gasteiger charge is -2.35. The fraction of sp³-hybridized carbons (Fsp3) is 0.250. The number of halogens is 3. The standard InChI is InChI=1S/C16H15ClF2N2O3S/c17-11-1-3-12(4-2-11)25(23,24)21-7-5-20(6-8-21)15-9-14(19)16(22)10-13(15)18/h1-4,9-10,22H,5-8H2. The Hall–Kier alpha value is -1.90. The zero-order valence-corrected chi connectivity index (χ0v) is 14.6. The van der Waals surface area contributed by atoms with Gasteiger partial charge in [-0.3, -0.25) is 0 Å². The summed E-state index contributed by atoms with van der Waals surface area (Å²) in [5.74, 6) is -2.44. The molecule has 25 heavy (non-hydrogen) atoms. The van der Waals surface area contributed by atoms with E-state index in [-0.39, 0.29) is 36.8 Å². The number of hydrogen-bond donors (Lipinski definition) is 1. The van der Waals surface area contributed by atoms with E-state index in [0.29, 0.717) is 11.1 Å². The first-order valence-electron chi connectivity index (χ1n) is 7.48. The summed E-state index contributed by atoms with van der Waals surface area (Å²) < 4.78 is 53.9. The molecule has 0 bridgehead atoms. The van der Waals surface area contributed by atoms with E-state index in [9.17, 15) is 22.3 Å². The second-order valence-corrected chi connectivity index (χ2v) is 7.97. The molecule has 3 rings (SSSR count). The van der Waals surface area contributed by atoms with Crippen LogP contribution in [0.4, 0.5) is 14.5 Å². The van der Waals surface area contributed by atoms with Crippen LogP contribution in [0.1, 0.15) is 0 Å². The molecule has 1 N–H and O–H groups in total. The van der Waals surface area contributed by atoms with Crippen LogP contribution >= 0.6 is 11.6 Å². The number of nitrogens with zero attached hydrogens (tertiary/aromatic N) is 2. The van der Waals surface area contributed by atoms with Crippen molar-refractivity contribution in [2.45, 2.75) is 4.90 Å². The second-order valence-electron chi connectivity index (χ2n) is 5.60. The molecule has 1 saturated heterocycles. The summed E-state index contributed by atoms with van der Waals surface area (Å²) in [5.41, 5.74) is -0.00107. The molecule has 0 atom stereocenters. The Bertz CT molecular complexity index is 883. The Morgan fingerprint density at radius 1 is 0.960 bits per heavy atom. The Morgan fingerprint density at radius 3 is 2.16 bits per heavy atom. The van der Waals surface area contributed by atoms with E-state index < -0.39 is 27.4 Å². The highest BCUT2D eigenvalue weighted by Gasteiger charge is 2.29. The van der Waals surface area contributed by atoms with E-state index in [0.717, 1.165) is 6.07 Å². The third kappa shape index (κ3) is 3.56. The van der Waals surface area contributed by atoms with Crippen molar-refractivity contribution in [3.05, 3.63) is 53.1 Å². The van der Waals surface area contributed by atoms with Gasteiger partial charge < -0.3 is 10.0 Å². The fourth-order valence-electron chi connectivity index (χ4n) is 2.69. The van der Waals surface area contributed by atoms with Gasteiger partial charge in [-0.1, -0.05) is 11.6 Å². The molecule has 0 spiro atoms. The van der Waals surface area contributed by atoms with Gasteiger partial charge in [-0.25, -0.2) is 17.2 Å². The highest BCUT2D eigenvalue weighted by Crippen LogP contribution is 2.28. The van der Waals surface area contributed by atoms with E-state index in [4.69, 9.17) is 11.6 Å². The summed E-state index contributed by atoms with van der Waals surface area (Å²) in [6.07, 6.45) is 0. The number of phenolic OH excluding ortho intramolecular Hbond substituents is 1. The summed E-state index contributed by atoms with van der Waals surface area (Å²) in [6, 6.07) is 7.48. The Labute approximate surface area is 149 Å². The van der Waals surface area contributed by atoms with Gasteiger partial charge in [0.2, 0.25) is 10.0 Å². The number of phenols is 1. The van der Waals surface area contributed by atoms with Crippen LogP contribution in [0.2, 0.25) is 5.02 Å². The molecule has 2 aromatic carbocycles. The molecular formula is C16H15ClF2N2O3S. The number of anilines is 1. The third-order valence-corrected chi connectivity index (χ3v) is 6.21. The van der Waals surface area contributed by atoms with Crippen LogP contribution in [-0.2, 0) is 10.0 Å². The minimum absolute atomic E-state index is 0.00107. The molecule has 0 aromatic heterocycles. The van der Waals surface area contributed by atoms with Gasteiger partial charge in [0, 0.05) is 43.3 Å². The number of piperazine rings is 1. The summed E-state index contributed by atoms with van der Waals surface area (Å²) in [7, 11) is -3.67. The lowest BCUT2D eigenvalue weighted by molar-refractivity contribution is 0.382. The Balaban J connectivity index is 1.76. The van der Waals surface area contributed by atoms with E-state index in [2.05, 4.69) is 0 Å². The van der Waals surface area contributed by atoms with E-state index in [1.54, 1.807) is 4.90 Å². The molecule has 1 aliphatic heterocycles. The van der Waals surface area contributed by atoms with Crippen LogP contribution in [0, 0.1) is 11.6 Å². The predicted octanol–water partition coefficient (Wildman–Crippen LogP) is 2.83. The Kier molecular flexibility index (Phi) is 4.86. The van der Waals surface area contributed by atoms with Crippen molar-refractivity contribution in [3.63, 3.8) is 0 Å². The number of rotatable bonds is 3. The molecule has 0 radical (unpaired) electrons. The quantitative estimate of drug-likeness (QED) is 0.878. The van der Waals surface area contributed by atoms with Gasteiger partial charge in [-0.2, -0.15) is 4.31 Å². The van der Waals surface area contributed by atoms with Gasteiger partial charge in [-0.05, 0) is 24.3 Å². The maximum atomic E-state index is 13.9. The molecule has 1 fully saturated rings. The number of sulfonamides is 1. The van der Waals surface area contributed by atoms with Crippen molar-refractivity contribution in [3.8, 4) is 5.75 Å². The van der Waals surface area contributed by atoms with Gasteiger partial charge in [0.1, 0.15) is 5.82 Å². The van der Waals surface area contributed by atoms with Crippen LogP contribution in [0.25, 0.3) is 0 Å². The molecular weight excluding hydrogens is 374 g/mol. The topological polar surface area (TPSA) is 60.9 Å². The van der Waals surface area contributed by atoms with Gasteiger partial charge >= 0.3 is 0 Å². The summed E-state index contributed by atoms with van der Waals surface area (Å²) in [6.45, 7) is 0.668. The number of hydrogen-bond acceptors (Lipinski definition) is 4. The average Bonchev–Trinajstić information content (AvgIpc) is 2.59. The van der Waals surface area contributed by atoms with Gasteiger partial charge in [0.25, 0.3) is 0 Å². The SMILES string of the molecule is O=S(=O)(c1ccc(Cl)cc1)N1CCN(c2cc(F)c(O)cc2F)CC1.